The van der Waals surface area contributed by atoms with Gasteiger partial charge >= 0.3 is 0 Å². The fraction of sp³-hybridized carbons (Fsp3) is 0.500. The van der Waals surface area contributed by atoms with Gasteiger partial charge in [-0.3, -0.25) is 4.79 Å². The zero-order valence-corrected chi connectivity index (χ0v) is 20.4. The van der Waals surface area contributed by atoms with Gasteiger partial charge in [-0.15, -0.1) is 0 Å². The number of pyridine rings is 1. The molecule has 1 N–H and O–H groups in total. The van der Waals surface area contributed by atoms with E-state index in [9.17, 15) is 18.3 Å². The van der Waals surface area contributed by atoms with Gasteiger partial charge in [0.25, 0.3) is 15.9 Å². The molecular weight excluding hydrogens is 446 g/mol. The third-order valence-electron chi connectivity index (χ3n) is 5.69. The molecule has 0 spiro atoms. The van der Waals surface area contributed by atoms with Crippen LogP contribution in [0.3, 0.4) is 0 Å². The number of sulfonamides is 1. The Morgan fingerprint density at radius 1 is 1.39 bits per heavy atom. The first-order valence-corrected chi connectivity index (χ1v) is 12.2. The summed E-state index contributed by atoms with van der Waals surface area (Å²) in [5.41, 5.74) is 1.02. The van der Waals surface area contributed by atoms with Crippen molar-refractivity contribution in [2.45, 2.75) is 37.9 Å². The Morgan fingerprint density at radius 2 is 2.12 bits per heavy atom. The smallest absolute Gasteiger partial charge is 0.261 e. The van der Waals surface area contributed by atoms with Crippen LogP contribution in [0.1, 0.15) is 36.7 Å². The number of carbonyl (C=O) groups excluding carboxylic acids is 1. The van der Waals surface area contributed by atoms with Crippen LogP contribution < -0.4 is 4.74 Å². The molecule has 3 atom stereocenters. The number of hydrogen-bond acceptors (Lipinski definition) is 7. The van der Waals surface area contributed by atoms with Crippen molar-refractivity contribution >= 4 is 22.0 Å². The van der Waals surface area contributed by atoms with E-state index in [0.717, 1.165) is 5.56 Å². The van der Waals surface area contributed by atoms with Gasteiger partial charge in [0.2, 0.25) is 5.88 Å². The number of amides is 1. The van der Waals surface area contributed by atoms with Crippen LogP contribution in [0.15, 0.2) is 35.9 Å². The number of imidazole rings is 1. The Balaban J connectivity index is 1.97. The standard InChI is InChI=1S/C22H31N5O5S/c1-6-7-17-8-18-21(23-9-17)32-19(15(2)10-27(22(18)29)16(3)13-28)11-26(5)33(30,31)20-12-25(4)14-24-20/h6-9,12,14-16,19,28H,10-11,13H2,1-5H3/b7-6+/t15-,16-,19+/m1/s1. The molecule has 1 amide bonds. The number of hydrogen-bond donors (Lipinski definition) is 1. The predicted molar refractivity (Wildman–Crippen MR) is 123 cm³/mol. The molecule has 0 bridgehead atoms. The first-order chi connectivity index (χ1) is 15.6. The van der Waals surface area contributed by atoms with E-state index in [1.165, 1.54) is 23.9 Å². The summed E-state index contributed by atoms with van der Waals surface area (Å²) in [7, 11) is -0.655. The quantitative estimate of drug-likeness (QED) is 0.640. The van der Waals surface area contributed by atoms with E-state index >= 15 is 0 Å². The van der Waals surface area contributed by atoms with E-state index in [2.05, 4.69) is 9.97 Å². The second-order valence-electron chi connectivity index (χ2n) is 8.41. The molecule has 1 aliphatic rings. The topological polar surface area (TPSA) is 118 Å². The Labute approximate surface area is 194 Å². The van der Waals surface area contributed by atoms with Crippen LogP contribution in [0.25, 0.3) is 6.08 Å². The number of nitrogens with zero attached hydrogens (tertiary/aromatic N) is 5. The minimum Gasteiger partial charge on any atom is -0.472 e. The van der Waals surface area contributed by atoms with Crippen LogP contribution in [0.4, 0.5) is 0 Å². The second kappa shape index (κ2) is 10.0. The van der Waals surface area contributed by atoms with E-state index in [0.29, 0.717) is 0 Å². The number of ether oxygens (including phenoxy) is 1. The van der Waals surface area contributed by atoms with Crippen molar-refractivity contribution in [3.63, 3.8) is 0 Å². The summed E-state index contributed by atoms with van der Waals surface area (Å²) in [6.07, 6.45) is 7.55. The lowest BCUT2D eigenvalue weighted by Crippen LogP contribution is -2.50. The van der Waals surface area contributed by atoms with Crippen molar-refractivity contribution < 1.29 is 23.1 Å². The molecule has 10 nitrogen and oxygen atoms in total. The highest BCUT2D eigenvalue weighted by Crippen LogP contribution is 2.28. The summed E-state index contributed by atoms with van der Waals surface area (Å²) < 4.78 is 34.9. The molecule has 0 aromatic carbocycles. The van der Waals surface area contributed by atoms with Crippen molar-refractivity contribution in [3.05, 3.63) is 42.0 Å². The molecule has 3 rings (SSSR count). The van der Waals surface area contributed by atoms with Crippen molar-refractivity contribution in [2.75, 3.05) is 26.7 Å². The van der Waals surface area contributed by atoms with Gasteiger partial charge in [-0.1, -0.05) is 19.1 Å². The SMILES string of the molecule is C/C=C/c1cnc2c(c1)C(=O)N([C@H](C)CO)C[C@@H](C)[C@H](CN(C)S(=O)(=O)c1cn(C)cn1)O2. The minimum atomic E-state index is -3.83. The first kappa shape index (κ1) is 24.9. The highest BCUT2D eigenvalue weighted by atomic mass is 32.2. The van der Waals surface area contributed by atoms with Gasteiger partial charge in [-0.25, -0.2) is 18.4 Å². The van der Waals surface area contributed by atoms with E-state index in [-0.39, 0.29) is 48.0 Å². The molecule has 0 saturated heterocycles. The fourth-order valence-corrected chi connectivity index (χ4v) is 4.80. The number of fused-ring (bicyclic) bond motifs is 1. The van der Waals surface area contributed by atoms with Crippen LogP contribution in [0, 0.1) is 5.92 Å². The van der Waals surface area contributed by atoms with Gasteiger partial charge in [0.15, 0.2) is 5.03 Å². The highest BCUT2D eigenvalue weighted by Gasteiger charge is 2.36. The lowest BCUT2D eigenvalue weighted by atomic mass is 10.00. The summed E-state index contributed by atoms with van der Waals surface area (Å²) in [6, 6.07) is 1.27. The summed E-state index contributed by atoms with van der Waals surface area (Å²) >= 11 is 0. The summed E-state index contributed by atoms with van der Waals surface area (Å²) in [5, 5.41) is 9.69. The van der Waals surface area contributed by atoms with Gasteiger partial charge < -0.3 is 19.3 Å². The van der Waals surface area contributed by atoms with E-state index in [1.54, 1.807) is 35.7 Å². The molecule has 33 heavy (non-hydrogen) atoms. The molecule has 0 unspecified atom stereocenters. The van der Waals surface area contributed by atoms with Gasteiger partial charge in [-0.2, -0.15) is 4.31 Å². The van der Waals surface area contributed by atoms with Crippen molar-refractivity contribution in [3.8, 4) is 5.88 Å². The third-order valence-corrected chi connectivity index (χ3v) is 7.40. The van der Waals surface area contributed by atoms with Crippen LogP contribution in [-0.4, -0.2) is 82.1 Å². The molecular formula is C22H31N5O5S. The van der Waals surface area contributed by atoms with Crippen LogP contribution in [-0.2, 0) is 17.1 Å². The monoisotopic (exact) mass is 477 g/mol. The number of aliphatic hydroxyl groups is 1. The average Bonchev–Trinajstić information content (AvgIpc) is 3.23. The molecule has 3 heterocycles. The van der Waals surface area contributed by atoms with E-state index in [4.69, 9.17) is 4.74 Å². The Hall–Kier alpha value is -2.76. The molecule has 1 aliphatic heterocycles. The summed E-state index contributed by atoms with van der Waals surface area (Å²) in [5.74, 6) is -0.386. The molecule has 11 heteroatoms. The fourth-order valence-electron chi connectivity index (χ4n) is 3.65. The molecule has 0 aliphatic carbocycles. The molecule has 0 saturated carbocycles. The zero-order chi connectivity index (χ0) is 24.3. The first-order valence-electron chi connectivity index (χ1n) is 10.7. The second-order valence-corrected chi connectivity index (χ2v) is 10.4. The average molecular weight is 478 g/mol. The van der Waals surface area contributed by atoms with Crippen LogP contribution in [0.5, 0.6) is 5.88 Å². The number of likely N-dealkylation sites (N-methyl/N-ethyl adjacent to an activating group) is 1. The molecule has 180 valence electrons. The van der Waals surface area contributed by atoms with Crippen LogP contribution in [0.2, 0.25) is 0 Å². The number of aryl methyl sites for hydroxylation is 1. The van der Waals surface area contributed by atoms with Crippen molar-refractivity contribution in [1.29, 1.82) is 0 Å². The Bertz CT molecular complexity index is 1130. The number of rotatable bonds is 7. The van der Waals surface area contributed by atoms with Crippen molar-refractivity contribution in [2.24, 2.45) is 13.0 Å². The molecule has 2 aromatic rings. The molecule has 0 fully saturated rings. The van der Waals surface area contributed by atoms with Gasteiger partial charge in [0, 0.05) is 39.0 Å². The molecule has 0 radical (unpaired) electrons. The van der Waals surface area contributed by atoms with Crippen molar-refractivity contribution in [1.82, 2.24) is 23.7 Å². The van der Waals surface area contributed by atoms with E-state index < -0.39 is 22.2 Å². The molecule has 2 aromatic heterocycles. The van der Waals surface area contributed by atoms with Gasteiger partial charge in [0.05, 0.1) is 25.5 Å². The number of aromatic nitrogens is 3. The lowest BCUT2D eigenvalue weighted by molar-refractivity contribution is 0.0373. The highest BCUT2D eigenvalue weighted by molar-refractivity contribution is 7.89. The Morgan fingerprint density at radius 3 is 2.73 bits per heavy atom. The summed E-state index contributed by atoms with van der Waals surface area (Å²) in [4.78, 5) is 23.2. The maximum absolute atomic E-state index is 13.3. The summed E-state index contributed by atoms with van der Waals surface area (Å²) in [6.45, 7) is 5.64. The number of aliphatic hydroxyl groups excluding tert-OH is 1. The number of allylic oxidation sites excluding steroid dienone is 1. The van der Waals surface area contributed by atoms with Gasteiger partial charge in [0.1, 0.15) is 11.7 Å². The largest absolute Gasteiger partial charge is 0.472 e. The zero-order valence-electron chi connectivity index (χ0n) is 19.5. The van der Waals surface area contributed by atoms with Gasteiger partial charge in [-0.05, 0) is 25.5 Å². The Kier molecular flexibility index (Phi) is 7.55. The maximum atomic E-state index is 13.3. The third kappa shape index (κ3) is 5.26. The normalized spacial score (nSPS) is 20.5. The number of carbonyl (C=O) groups is 1. The minimum absolute atomic E-state index is 0.0351. The van der Waals surface area contributed by atoms with Crippen LogP contribution >= 0.6 is 0 Å². The lowest BCUT2D eigenvalue weighted by Gasteiger charge is -2.37. The maximum Gasteiger partial charge on any atom is 0.261 e. The van der Waals surface area contributed by atoms with E-state index in [1.807, 2.05) is 26.0 Å². The predicted octanol–water partition coefficient (Wildman–Crippen LogP) is 1.39.